The Kier molecular flexibility index (Phi) is 5.66. The third kappa shape index (κ3) is 4.54. The molecular weight excluding hydrogens is 216 g/mol. The molecule has 0 aliphatic heterocycles. The first-order valence-corrected chi connectivity index (χ1v) is 5.93. The van der Waals surface area contributed by atoms with Crippen molar-refractivity contribution in [2.24, 2.45) is 5.73 Å². The second-order valence-corrected chi connectivity index (χ2v) is 4.05. The van der Waals surface area contributed by atoms with E-state index in [-0.39, 0.29) is 12.5 Å². The molecule has 1 aromatic rings. The quantitative estimate of drug-likeness (QED) is 0.696. The van der Waals surface area contributed by atoms with E-state index in [1.165, 1.54) is 0 Å². The molecule has 0 fully saturated rings. The van der Waals surface area contributed by atoms with Crippen LogP contribution < -0.4 is 11.1 Å². The van der Waals surface area contributed by atoms with Crippen LogP contribution >= 0.6 is 0 Å². The molecule has 1 unspecified atom stereocenters. The first-order valence-electron chi connectivity index (χ1n) is 5.93. The summed E-state index contributed by atoms with van der Waals surface area (Å²) in [5.41, 5.74) is 7.49. The lowest BCUT2D eigenvalue weighted by Crippen LogP contribution is -2.35. The Morgan fingerprint density at radius 3 is 2.59 bits per heavy atom. The van der Waals surface area contributed by atoms with Gasteiger partial charge in [-0.25, -0.2) is 0 Å². The highest BCUT2D eigenvalue weighted by molar-refractivity contribution is 5.94. The van der Waals surface area contributed by atoms with Gasteiger partial charge < -0.3 is 16.2 Å². The lowest BCUT2D eigenvalue weighted by molar-refractivity contribution is -0.117. The number of carbonyl (C=O) groups excluding carboxylic acids is 1. The van der Waals surface area contributed by atoms with E-state index in [1.807, 2.05) is 31.2 Å². The molecule has 0 spiro atoms. The van der Waals surface area contributed by atoms with Crippen LogP contribution in [0.1, 0.15) is 25.3 Å². The molecule has 1 aromatic carbocycles. The number of aliphatic hydroxyl groups is 1. The smallest absolute Gasteiger partial charge is 0.241 e. The number of aliphatic hydroxyl groups excluding tert-OH is 1. The van der Waals surface area contributed by atoms with Gasteiger partial charge in [0.05, 0.1) is 6.04 Å². The highest BCUT2D eigenvalue weighted by Gasteiger charge is 2.11. The second-order valence-electron chi connectivity index (χ2n) is 4.05. The molecule has 0 radical (unpaired) electrons. The monoisotopic (exact) mass is 236 g/mol. The third-order valence-electron chi connectivity index (χ3n) is 2.56. The normalized spacial score (nSPS) is 12.2. The van der Waals surface area contributed by atoms with Gasteiger partial charge in [-0.2, -0.15) is 0 Å². The van der Waals surface area contributed by atoms with Crippen molar-refractivity contribution in [2.45, 2.75) is 32.2 Å². The number of amides is 1. The summed E-state index contributed by atoms with van der Waals surface area (Å²) in [6.07, 6.45) is 2.21. The van der Waals surface area contributed by atoms with Crippen molar-refractivity contribution >= 4 is 11.6 Å². The molecule has 0 aliphatic carbocycles. The van der Waals surface area contributed by atoms with Gasteiger partial charge in [0.2, 0.25) is 5.91 Å². The second kappa shape index (κ2) is 7.04. The van der Waals surface area contributed by atoms with Crippen LogP contribution in [0.15, 0.2) is 24.3 Å². The average Bonchev–Trinajstić information content (AvgIpc) is 2.32. The van der Waals surface area contributed by atoms with E-state index in [0.717, 1.165) is 17.7 Å². The average molecular weight is 236 g/mol. The number of carbonyl (C=O) groups is 1. The molecule has 4 N–H and O–H groups in total. The molecule has 17 heavy (non-hydrogen) atoms. The number of anilines is 1. The first-order chi connectivity index (χ1) is 8.17. The summed E-state index contributed by atoms with van der Waals surface area (Å²) in [5.74, 6) is -0.151. The Balaban J connectivity index is 2.53. The fourth-order valence-electron chi connectivity index (χ4n) is 1.56. The maximum absolute atomic E-state index is 11.6. The van der Waals surface area contributed by atoms with E-state index in [0.29, 0.717) is 12.8 Å². The summed E-state index contributed by atoms with van der Waals surface area (Å²) < 4.78 is 0. The highest BCUT2D eigenvalue weighted by Crippen LogP contribution is 2.10. The minimum atomic E-state index is -0.447. The van der Waals surface area contributed by atoms with E-state index < -0.39 is 6.04 Å². The fourth-order valence-corrected chi connectivity index (χ4v) is 1.56. The van der Waals surface area contributed by atoms with Gasteiger partial charge in [0.15, 0.2) is 0 Å². The predicted molar refractivity (Wildman–Crippen MR) is 68.7 cm³/mol. The van der Waals surface area contributed by atoms with Gasteiger partial charge in [0, 0.05) is 12.3 Å². The molecule has 4 nitrogen and oxygen atoms in total. The van der Waals surface area contributed by atoms with Crippen molar-refractivity contribution in [3.63, 3.8) is 0 Å². The standard InChI is InChI=1S/C13H20N2O2/c1-2-3-12(14)13(17)15-11-6-4-10(5-7-11)8-9-16/h4-7,12,16H,2-3,8-9,14H2,1H3,(H,15,17). The summed E-state index contributed by atoms with van der Waals surface area (Å²) >= 11 is 0. The molecule has 0 aromatic heterocycles. The molecule has 0 heterocycles. The van der Waals surface area contributed by atoms with Crippen molar-refractivity contribution in [1.29, 1.82) is 0 Å². The molecule has 1 amide bonds. The molecule has 1 rings (SSSR count). The predicted octanol–water partition coefficient (Wildman–Crippen LogP) is 1.29. The van der Waals surface area contributed by atoms with E-state index in [9.17, 15) is 4.79 Å². The van der Waals surface area contributed by atoms with Gasteiger partial charge in [-0.1, -0.05) is 25.5 Å². The van der Waals surface area contributed by atoms with E-state index in [2.05, 4.69) is 5.32 Å². The number of nitrogens with two attached hydrogens (primary N) is 1. The van der Waals surface area contributed by atoms with Crippen LogP contribution in [0, 0.1) is 0 Å². The van der Waals surface area contributed by atoms with Gasteiger partial charge in [0.1, 0.15) is 0 Å². The molecule has 1 atom stereocenters. The van der Waals surface area contributed by atoms with Gasteiger partial charge in [-0.3, -0.25) is 4.79 Å². The Bertz CT molecular complexity index is 349. The molecule has 0 aliphatic rings. The summed E-state index contributed by atoms with van der Waals surface area (Å²) in [6.45, 7) is 2.13. The zero-order chi connectivity index (χ0) is 12.7. The van der Waals surface area contributed by atoms with Crippen molar-refractivity contribution in [2.75, 3.05) is 11.9 Å². The van der Waals surface area contributed by atoms with Crippen molar-refractivity contribution < 1.29 is 9.90 Å². The molecule has 0 saturated carbocycles. The van der Waals surface area contributed by atoms with Gasteiger partial charge >= 0.3 is 0 Å². The molecule has 94 valence electrons. The molecule has 4 heteroatoms. The van der Waals surface area contributed by atoms with Gasteiger partial charge in [-0.15, -0.1) is 0 Å². The summed E-state index contributed by atoms with van der Waals surface area (Å²) in [5, 5.41) is 11.5. The van der Waals surface area contributed by atoms with Crippen LogP contribution in [0.2, 0.25) is 0 Å². The first kappa shape index (κ1) is 13.7. The maximum atomic E-state index is 11.6. The lowest BCUT2D eigenvalue weighted by Gasteiger charge is -2.11. The van der Waals surface area contributed by atoms with Crippen molar-refractivity contribution in [3.05, 3.63) is 29.8 Å². The minimum absolute atomic E-state index is 0.132. The molecular formula is C13H20N2O2. The van der Waals surface area contributed by atoms with Crippen molar-refractivity contribution in [3.8, 4) is 0 Å². The molecule has 0 bridgehead atoms. The summed E-state index contributed by atoms with van der Waals surface area (Å²) in [6, 6.07) is 6.97. The van der Waals surface area contributed by atoms with E-state index >= 15 is 0 Å². The van der Waals surface area contributed by atoms with Crippen LogP contribution in [0.3, 0.4) is 0 Å². The summed E-state index contributed by atoms with van der Waals surface area (Å²) in [7, 11) is 0. The summed E-state index contributed by atoms with van der Waals surface area (Å²) in [4.78, 5) is 11.6. The van der Waals surface area contributed by atoms with Crippen LogP contribution in [0.5, 0.6) is 0 Å². The minimum Gasteiger partial charge on any atom is -0.396 e. The number of rotatable bonds is 6. The fraction of sp³-hybridized carbons (Fsp3) is 0.462. The van der Waals surface area contributed by atoms with Crippen molar-refractivity contribution in [1.82, 2.24) is 0 Å². The van der Waals surface area contributed by atoms with Gasteiger partial charge in [0.25, 0.3) is 0 Å². The van der Waals surface area contributed by atoms with Crippen LogP contribution in [0.4, 0.5) is 5.69 Å². The number of hydrogen-bond acceptors (Lipinski definition) is 3. The zero-order valence-electron chi connectivity index (χ0n) is 10.1. The van der Waals surface area contributed by atoms with E-state index in [4.69, 9.17) is 10.8 Å². The Morgan fingerprint density at radius 1 is 1.41 bits per heavy atom. The SMILES string of the molecule is CCCC(N)C(=O)Nc1ccc(CCO)cc1. The Hall–Kier alpha value is -1.39. The molecule has 0 saturated heterocycles. The van der Waals surface area contributed by atoms with E-state index in [1.54, 1.807) is 0 Å². The maximum Gasteiger partial charge on any atom is 0.241 e. The third-order valence-corrected chi connectivity index (χ3v) is 2.56. The Morgan fingerprint density at radius 2 is 2.06 bits per heavy atom. The zero-order valence-corrected chi connectivity index (χ0v) is 10.1. The van der Waals surface area contributed by atoms with Crippen LogP contribution in [0.25, 0.3) is 0 Å². The highest BCUT2D eigenvalue weighted by atomic mass is 16.2. The Labute approximate surface area is 102 Å². The largest absolute Gasteiger partial charge is 0.396 e. The topological polar surface area (TPSA) is 75.4 Å². The number of benzene rings is 1. The van der Waals surface area contributed by atoms with Gasteiger partial charge in [-0.05, 0) is 30.5 Å². The van der Waals surface area contributed by atoms with Crippen LogP contribution in [-0.2, 0) is 11.2 Å². The number of nitrogens with one attached hydrogen (secondary N) is 1. The lowest BCUT2D eigenvalue weighted by atomic mass is 10.1. The number of hydrogen-bond donors (Lipinski definition) is 3. The van der Waals surface area contributed by atoms with Crippen LogP contribution in [-0.4, -0.2) is 23.7 Å².